The third-order valence-electron chi connectivity index (χ3n) is 5.42. The van der Waals surface area contributed by atoms with Gasteiger partial charge in [-0.3, -0.25) is 19.3 Å². The molecular weight excluding hydrogens is 485 g/mol. The van der Waals surface area contributed by atoms with Gasteiger partial charge in [0.1, 0.15) is 22.5 Å². The highest BCUT2D eigenvalue weighted by molar-refractivity contribution is 7.09. The lowest BCUT2D eigenvalue weighted by molar-refractivity contribution is -0.122. The topological polar surface area (TPSA) is 141 Å². The number of nitrogens with two attached hydrogens (primary N) is 2. The maximum atomic E-state index is 14.3. The summed E-state index contributed by atoms with van der Waals surface area (Å²) >= 11 is 0.679. The number of methoxy groups -OCH3 is 1. The number of benzene rings is 2. The zero-order valence-corrected chi connectivity index (χ0v) is 21.0. The van der Waals surface area contributed by atoms with E-state index in [1.54, 1.807) is 24.3 Å². The second kappa shape index (κ2) is 11.6. The smallest absolute Gasteiger partial charge is 0.273 e. The van der Waals surface area contributed by atoms with Gasteiger partial charge in [0.15, 0.2) is 5.69 Å². The number of ether oxygens (including phenoxy) is 1. The van der Waals surface area contributed by atoms with Gasteiger partial charge in [0, 0.05) is 12.2 Å². The van der Waals surface area contributed by atoms with Crippen LogP contribution in [0.15, 0.2) is 48.5 Å². The molecule has 1 aromatic heterocycles. The van der Waals surface area contributed by atoms with E-state index in [0.29, 0.717) is 35.3 Å². The van der Waals surface area contributed by atoms with Gasteiger partial charge in [-0.25, -0.2) is 4.39 Å². The van der Waals surface area contributed by atoms with Gasteiger partial charge < -0.3 is 21.5 Å². The normalized spacial score (nSPS) is 11.7. The molecule has 36 heavy (non-hydrogen) atoms. The van der Waals surface area contributed by atoms with Crippen LogP contribution in [0.25, 0.3) is 0 Å². The predicted octanol–water partition coefficient (Wildman–Crippen LogP) is 3.52. The van der Waals surface area contributed by atoms with E-state index < -0.39 is 29.6 Å². The molecule has 0 saturated carbocycles. The second-order valence-corrected chi connectivity index (χ2v) is 9.22. The number of carbonyl (C=O) groups is 3. The van der Waals surface area contributed by atoms with Crippen molar-refractivity contribution in [2.75, 3.05) is 24.3 Å². The van der Waals surface area contributed by atoms with Crippen LogP contribution in [0.4, 0.5) is 15.8 Å². The van der Waals surface area contributed by atoms with E-state index in [9.17, 15) is 18.8 Å². The Morgan fingerprint density at radius 3 is 2.42 bits per heavy atom. The van der Waals surface area contributed by atoms with Crippen molar-refractivity contribution in [1.29, 1.82) is 0 Å². The Morgan fingerprint density at radius 1 is 1.17 bits per heavy atom. The van der Waals surface area contributed by atoms with Crippen LogP contribution >= 0.6 is 11.5 Å². The van der Waals surface area contributed by atoms with Crippen LogP contribution < -0.4 is 26.4 Å². The van der Waals surface area contributed by atoms with E-state index in [4.69, 9.17) is 16.2 Å². The van der Waals surface area contributed by atoms with Crippen LogP contribution in [0, 0.1) is 11.7 Å². The largest absolute Gasteiger partial charge is 0.497 e. The van der Waals surface area contributed by atoms with Crippen molar-refractivity contribution in [3.63, 3.8) is 0 Å². The number of carbonyl (C=O) groups excluding carboxylic acids is 3. The maximum absolute atomic E-state index is 14.3. The Morgan fingerprint density at radius 2 is 1.86 bits per heavy atom. The van der Waals surface area contributed by atoms with Gasteiger partial charge in [-0.05, 0) is 59.8 Å². The molecule has 0 saturated heterocycles. The Kier molecular flexibility index (Phi) is 8.59. The van der Waals surface area contributed by atoms with Crippen molar-refractivity contribution in [2.24, 2.45) is 11.7 Å². The van der Waals surface area contributed by atoms with Gasteiger partial charge in [-0.2, -0.15) is 4.37 Å². The lowest BCUT2D eigenvalue weighted by Gasteiger charge is -2.31. The van der Waals surface area contributed by atoms with E-state index >= 15 is 0 Å². The van der Waals surface area contributed by atoms with Crippen LogP contribution in [0.1, 0.15) is 52.0 Å². The van der Waals surface area contributed by atoms with Gasteiger partial charge in [-0.1, -0.05) is 32.0 Å². The maximum Gasteiger partial charge on any atom is 0.273 e. The lowest BCUT2D eigenvalue weighted by Crippen LogP contribution is -2.44. The molecular formula is C25H28FN5O4S. The minimum atomic E-state index is -1.20. The summed E-state index contributed by atoms with van der Waals surface area (Å²) in [5, 5.41) is 2.88. The van der Waals surface area contributed by atoms with Gasteiger partial charge in [0.05, 0.1) is 12.8 Å². The first kappa shape index (κ1) is 26.6. The Labute approximate surface area is 212 Å². The molecule has 0 bridgehead atoms. The number of nitrogens with one attached hydrogen (secondary N) is 1. The SMILES string of the molecule is COc1ccc([C@@H](C(=O)NCCC(C)C)N(C(=O)c2snc(C(N)=O)c2N)c2cccc(F)c2)cc1. The summed E-state index contributed by atoms with van der Waals surface area (Å²) in [5.41, 5.74) is 11.5. The first-order valence-corrected chi connectivity index (χ1v) is 12.0. The van der Waals surface area contributed by atoms with Crippen molar-refractivity contribution in [2.45, 2.75) is 26.3 Å². The zero-order chi connectivity index (χ0) is 26.4. The van der Waals surface area contributed by atoms with E-state index in [2.05, 4.69) is 9.69 Å². The van der Waals surface area contributed by atoms with E-state index in [0.717, 1.165) is 17.4 Å². The molecule has 9 nitrogen and oxygen atoms in total. The Balaban J connectivity index is 2.16. The number of halogens is 1. The van der Waals surface area contributed by atoms with Gasteiger partial charge in [-0.15, -0.1) is 0 Å². The molecule has 0 unspecified atom stereocenters. The minimum Gasteiger partial charge on any atom is -0.497 e. The number of primary amides is 1. The van der Waals surface area contributed by atoms with Gasteiger partial charge in [0.2, 0.25) is 5.91 Å². The van der Waals surface area contributed by atoms with E-state index in [1.807, 2.05) is 13.8 Å². The summed E-state index contributed by atoms with van der Waals surface area (Å²) in [4.78, 5) is 40.2. The summed E-state index contributed by atoms with van der Waals surface area (Å²) in [6.45, 7) is 4.43. The molecule has 2 aromatic carbocycles. The van der Waals surface area contributed by atoms with Crippen LogP contribution in [-0.2, 0) is 4.79 Å². The fourth-order valence-corrected chi connectivity index (χ4v) is 4.28. The standard InChI is InChI=1S/C25H28FN5O4S/c1-14(2)11-12-29-24(33)21(15-7-9-18(35-3)10-8-15)31(17-6-4-5-16(26)13-17)25(34)22-19(27)20(23(28)32)30-36-22/h4-10,13-14,21H,11-12,27H2,1-3H3,(H2,28,32)(H,29,33)/t21-/m0/s1. The van der Waals surface area contributed by atoms with Crippen molar-refractivity contribution in [1.82, 2.24) is 9.69 Å². The minimum absolute atomic E-state index is 0.0958. The predicted molar refractivity (Wildman–Crippen MR) is 136 cm³/mol. The number of nitrogen functional groups attached to an aromatic ring is 1. The van der Waals surface area contributed by atoms with Crippen LogP contribution in [0.5, 0.6) is 5.75 Å². The van der Waals surface area contributed by atoms with Crippen molar-refractivity contribution in [3.05, 3.63) is 70.5 Å². The number of aromatic nitrogens is 1. The molecule has 1 atom stereocenters. The first-order valence-electron chi connectivity index (χ1n) is 11.2. The molecule has 190 valence electrons. The molecule has 3 rings (SSSR count). The molecule has 0 fully saturated rings. The Hall–Kier alpha value is -3.99. The van der Waals surface area contributed by atoms with Crippen molar-refractivity contribution < 1.29 is 23.5 Å². The fourth-order valence-electron chi connectivity index (χ4n) is 3.53. The molecule has 5 N–H and O–H groups in total. The molecule has 11 heteroatoms. The second-order valence-electron chi connectivity index (χ2n) is 8.44. The quantitative estimate of drug-likeness (QED) is 0.379. The first-order chi connectivity index (χ1) is 17.1. The molecule has 0 aliphatic carbocycles. The highest BCUT2D eigenvalue weighted by atomic mass is 32.1. The summed E-state index contributed by atoms with van der Waals surface area (Å²) in [5.74, 6) is -1.80. The van der Waals surface area contributed by atoms with Crippen LogP contribution in [0.2, 0.25) is 0 Å². The number of rotatable bonds is 10. The number of nitrogens with zero attached hydrogens (tertiary/aromatic N) is 2. The van der Waals surface area contributed by atoms with Crippen molar-refractivity contribution in [3.8, 4) is 5.75 Å². The van der Waals surface area contributed by atoms with E-state index in [-0.39, 0.29) is 21.9 Å². The summed E-state index contributed by atoms with van der Waals surface area (Å²) in [7, 11) is 1.51. The summed E-state index contributed by atoms with van der Waals surface area (Å²) in [6, 6.07) is 10.7. The molecule has 3 amide bonds. The zero-order valence-electron chi connectivity index (χ0n) is 20.2. The number of amides is 3. The molecule has 3 aromatic rings. The third-order valence-corrected chi connectivity index (χ3v) is 6.27. The highest BCUT2D eigenvalue weighted by Crippen LogP contribution is 2.34. The fraction of sp³-hybridized carbons (Fsp3) is 0.280. The van der Waals surface area contributed by atoms with Crippen LogP contribution in [-0.4, -0.2) is 35.7 Å². The summed E-state index contributed by atoms with van der Waals surface area (Å²) < 4.78 is 23.4. The average molecular weight is 514 g/mol. The number of anilines is 2. The average Bonchev–Trinajstić information content (AvgIpc) is 3.23. The molecule has 0 aliphatic heterocycles. The summed E-state index contributed by atoms with van der Waals surface area (Å²) in [6.07, 6.45) is 0.721. The van der Waals surface area contributed by atoms with Crippen LogP contribution in [0.3, 0.4) is 0 Å². The lowest BCUT2D eigenvalue weighted by atomic mass is 10.0. The molecule has 0 aliphatic rings. The monoisotopic (exact) mass is 513 g/mol. The molecule has 0 spiro atoms. The van der Waals surface area contributed by atoms with Gasteiger partial charge in [0.25, 0.3) is 11.8 Å². The van der Waals surface area contributed by atoms with Crippen molar-refractivity contribution >= 4 is 40.6 Å². The number of hydrogen-bond acceptors (Lipinski definition) is 7. The molecule has 0 radical (unpaired) electrons. The Bertz CT molecular complexity index is 1250. The van der Waals surface area contributed by atoms with Gasteiger partial charge >= 0.3 is 0 Å². The third kappa shape index (κ3) is 5.98. The number of hydrogen-bond donors (Lipinski definition) is 3. The highest BCUT2D eigenvalue weighted by Gasteiger charge is 2.36. The van der Waals surface area contributed by atoms with E-state index in [1.165, 1.54) is 25.3 Å². The molecule has 1 heterocycles.